The third kappa shape index (κ3) is 10.2. The second kappa shape index (κ2) is 18.4. The molecule has 14 atom stereocenters. The molecule has 0 spiro atoms. The molecule has 3 saturated heterocycles. The van der Waals surface area contributed by atoms with Crippen LogP contribution in [-0.2, 0) is 33.3 Å². The van der Waals surface area contributed by atoms with Gasteiger partial charge in [-0.15, -0.1) is 0 Å². The molecular formula is C39H59BrN4O11. The molecule has 3 aliphatic heterocycles. The van der Waals surface area contributed by atoms with Crippen LogP contribution in [0.3, 0.4) is 0 Å². The van der Waals surface area contributed by atoms with E-state index in [4.69, 9.17) is 23.7 Å². The molecule has 16 heteroatoms. The zero-order valence-electron chi connectivity index (χ0n) is 33.5. The van der Waals surface area contributed by atoms with E-state index in [0.717, 1.165) is 5.56 Å². The Morgan fingerprint density at radius 1 is 1.11 bits per heavy atom. The third-order valence-electron chi connectivity index (χ3n) is 11.4. The predicted molar refractivity (Wildman–Crippen MR) is 205 cm³/mol. The first-order valence-electron chi connectivity index (χ1n) is 19.0. The van der Waals surface area contributed by atoms with Gasteiger partial charge in [0, 0.05) is 36.5 Å². The van der Waals surface area contributed by atoms with Crippen molar-refractivity contribution in [3.63, 3.8) is 0 Å². The fourth-order valence-electron chi connectivity index (χ4n) is 8.31. The maximum absolute atomic E-state index is 14.4. The molecule has 4 N–H and O–H groups in total. The highest BCUT2D eigenvalue weighted by Crippen LogP contribution is 2.41. The minimum absolute atomic E-state index is 0.0775. The number of likely N-dealkylation sites (N-methyl/N-ethyl adjacent to an activating group) is 1. The highest BCUT2D eigenvalue weighted by molar-refractivity contribution is 9.10. The zero-order chi connectivity index (χ0) is 41.0. The van der Waals surface area contributed by atoms with Gasteiger partial charge in [-0.05, 0) is 88.6 Å². The average Bonchev–Trinajstić information content (AvgIpc) is 3.44. The Bertz CT molecular complexity index is 1550. The molecule has 308 valence electrons. The number of fused-ring (bicyclic) bond motifs is 1. The van der Waals surface area contributed by atoms with Crippen LogP contribution >= 0.6 is 15.9 Å². The third-order valence-corrected chi connectivity index (χ3v) is 11.9. The number of rotatable bonds is 8. The number of pyridine rings is 1. The first-order chi connectivity index (χ1) is 25.7. The summed E-state index contributed by atoms with van der Waals surface area (Å²) >= 11 is 3.31. The molecule has 15 nitrogen and oxygen atoms in total. The van der Waals surface area contributed by atoms with Crippen LogP contribution in [0.5, 0.6) is 0 Å². The van der Waals surface area contributed by atoms with Gasteiger partial charge in [-0.3, -0.25) is 9.59 Å². The van der Waals surface area contributed by atoms with E-state index >= 15 is 0 Å². The van der Waals surface area contributed by atoms with Crippen LogP contribution in [0.4, 0.5) is 9.59 Å². The van der Waals surface area contributed by atoms with Crippen molar-refractivity contribution in [2.24, 2.45) is 23.7 Å². The summed E-state index contributed by atoms with van der Waals surface area (Å²) in [6.07, 6.45) is -2.08. The normalized spacial score (nSPS) is 39.1. The lowest BCUT2D eigenvalue weighted by Crippen LogP contribution is -2.61. The second-order valence-corrected chi connectivity index (χ2v) is 16.8. The largest absolute Gasteiger partial charge is 0.458 e. The van der Waals surface area contributed by atoms with E-state index in [-0.39, 0.29) is 37.3 Å². The molecule has 0 saturated carbocycles. The number of ether oxygens (including phenoxy) is 5. The number of esters is 1. The van der Waals surface area contributed by atoms with E-state index < -0.39 is 89.8 Å². The number of ketones is 1. The number of cyclic esters (lactones) is 1. The Morgan fingerprint density at radius 3 is 2.42 bits per heavy atom. The highest BCUT2D eigenvalue weighted by Gasteiger charge is 2.57. The lowest BCUT2D eigenvalue weighted by Gasteiger charge is -2.48. The SMILES string of the molecule is CC[C@H]1OC(=O)[C@H](C)[C@@H](O)[C@H](C)[C@@H](O[C@@H]2O[C@H](C)C[C@H](N(C)C)[C@H]2O)[C@](C)(OC(=O)NCC=Cc2ccc(Br)nc2)C[C@@H](C)C(=O)[C@H](C)[C@H]2NC(=O)O[C@@]21C. The molecule has 55 heavy (non-hydrogen) atoms. The second-order valence-electron chi connectivity index (χ2n) is 16.0. The quantitative estimate of drug-likeness (QED) is 0.165. The van der Waals surface area contributed by atoms with Crippen LogP contribution in [0.2, 0.25) is 0 Å². The highest BCUT2D eigenvalue weighted by atomic mass is 79.9. The number of halogens is 1. The number of alkyl carbamates (subject to hydrolysis) is 2. The van der Waals surface area contributed by atoms with Gasteiger partial charge in [0.15, 0.2) is 11.9 Å². The summed E-state index contributed by atoms with van der Waals surface area (Å²) in [5.41, 5.74) is -2.27. The van der Waals surface area contributed by atoms with Gasteiger partial charge in [-0.1, -0.05) is 45.9 Å². The summed E-state index contributed by atoms with van der Waals surface area (Å²) in [6.45, 7) is 13.5. The monoisotopic (exact) mass is 838 g/mol. The van der Waals surface area contributed by atoms with E-state index in [1.165, 1.54) is 6.92 Å². The maximum atomic E-state index is 14.4. The zero-order valence-corrected chi connectivity index (χ0v) is 35.1. The maximum Gasteiger partial charge on any atom is 0.408 e. The number of amides is 2. The molecule has 4 rings (SSSR count). The van der Waals surface area contributed by atoms with Gasteiger partial charge >= 0.3 is 18.2 Å². The lowest BCUT2D eigenvalue weighted by molar-refractivity contribution is -0.298. The summed E-state index contributed by atoms with van der Waals surface area (Å²) < 4.78 is 31.4. The molecule has 4 heterocycles. The van der Waals surface area contributed by atoms with Crippen molar-refractivity contribution >= 4 is 45.9 Å². The summed E-state index contributed by atoms with van der Waals surface area (Å²) in [5, 5.41) is 28.9. The van der Waals surface area contributed by atoms with Crippen molar-refractivity contribution in [3.8, 4) is 0 Å². The van der Waals surface area contributed by atoms with Crippen LogP contribution < -0.4 is 10.6 Å². The van der Waals surface area contributed by atoms with E-state index in [1.807, 2.05) is 32.0 Å². The summed E-state index contributed by atoms with van der Waals surface area (Å²) in [5.74, 6) is -4.78. The molecule has 0 bridgehead atoms. The van der Waals surface area contributed by atoms with Crippen LogP contribution in [0.15, 0.2) is 29.0 Å². The summed E-state index contributed by atoms with van der Waals surface area (Å²) in [4.78, 5) is 60.6. The number of aliphatic hydroxyl groups is 2. The van der Waals surface area contributed by atoms with E-state index in [2.05, 4.69) is 31.5 Å². The molecule has 2 amide bonds. The Labute approximate surface area is 332 Å². The van der Waals surface area contributed by atoms with Gasteiger partial charge in [0.25, 0.3) is 0 Å². The molecule has 1 aromatic heterocycles. The Hall–Kier alpha value is -3.15. The van der Waals surface area contributed by atoms with E-state index in [0.29, 0.717) is 11.0 Å². The average molecular weight is 840 g/mol. The van der Waals surface area contributed by atoms with Gasteiger partial charge in [0.2, 0.25) is 0 Å². The topological polar surface area (TPSA) is 195 Å². The first kappa shape index (κ1) is 44.6. The lowest BCUT2D eigenvalue weighted by atomic mass is 9.73. The van der Waals surface area contributed by atoms with Crippen molar-refractivity contribution in [3.05, 3.63) is 34.6 Å². The Balaban J connectivity index is 1.76. The Kier molecular flexibility index (Phi) is 14.9. The number of aliphatic hydroxyl groups excluding tert-OH is 2. The van der Waals surface area contributed by atoms with Gasteiger partial charge in [-0.25, -0.2) is 14.6 Å². The number of nitrogens with one attached hydrogen (secondary N) is 2. The fraction of sp³-hybridized carbons (Fsp3) is 0.718. The fourth-order valence-corrected chi connectivity index (χ4v) is 8.54. The van der Waals surface area contributed by atoms with E-state index in [9.17, 15) is 29.4 Å². The standard InChI is InChI=1S/C39H59BrN4O11/c1-11-27-39(8)32(43-37(50)55-39)22(4)29(45)20(2)18-38(7,54-36(49)41-16-12-13-25-14-15-28(40)42-19-25)33(23(5)30(46)24(6)34(48)52-27)53-35-31(47)26(44(9)10)17-21(3)51-35/h12-15,19-24,26-27,30-33,35,46-47H,11,16-18H2,1-10H3,(H,41,49)(H,43,50)/t20-,21-,22+,23+,24-,26+,27-,30+,31-,32-,33-,35+,38-,39-/m1/s1. The smallest absolute Gasteiger partial charge is 0.408 e. The predicted octanol–water partition coefficient (Wildman–Crippen LogP) is 4.22. The van der Waals surface area contributed by atoms with Gasteiger partial charge in [-0.2, -0.15) is 0 Å². The van der Waals surface area contributed by atoms with Gasteiger partial charge in [0.05, 0.1) is 24.2 Å². The number of hydrogen-bond acceptors (Lipinski definition) is 13. The molecule has 0 aliphatic carbocycles. The number of carbonyl (C=O) groups is 4. The van der Waals surface area contributed by atoms with Crippen LogP contribution in [0.25, 0.3) is 6.08 Å². The Morgan fingerprint density at radius 2 is 1.80 bits per heavy atom. The first-order valence-corrected chi connectivity index (χ1v) is 19.8. The molecule has 3 fully saturated rings. The van der Waals surface area contributed by atoms with E-state index in [1.54, 1.807) is 66.0 Å². The number of carbonyl (C=O) groups excluding carboxylic acids is 4. The number of aromatic nitrogens is 1. The van der Waals surface area contributed by atoms with Crippen LogP contribution in [0.1, 0.15) is 80.2 Å². The summed E-state index contributed by atoms with van der Waals surface area (Å²) in [6, 6.07) is 2.42. The van der Waals surface area contributed by atoms with Crippen LogP contribution in [0, 0.1) is 23.7 Å². The van der Waals surface area contributed by atoms with Crippen molar-refractivity contribution in [2.75, 3.05) is 20.6 Å². The number of nitrogens with zero attached hydrogens (tertiary/aromatic N) is 2. The molecular weight excluding hydrogens is 780 g/mol. The van der Waals surface area contributed by atoms with Crippen LogP contribution in [-0.4, -0.2) is 125 Å². The minimum atomic E-state index is -1.67. The molecule has 0 radical (unpaired) electrons. The molecule has 3 aliphatic rings. The molecule has 1 aromatic rings. The van der Waals surface area contributed by atoms with Gasteiger partial charge < -0.3 is 49.4 Å². The number of Topliss-reactive ketones (excluding diaryl/α,β-unsaturated/α-hetero) is 1. The van der Waals surface area contributed by atoms with Crippen molar-refractivity contribution < 1.29 is 53.1 Å². The molecule has 0 unspecified atom stereocenters. The minimum Gasteiger partial charge on any atom is -0.458 e. The van der Waals surface area contributed by atoms with Gasteiger partial charge in [0.1, 0.15) is 34.3 Å². The van der Waals surface area contributed by atoms with Crippen molar-refractivity contribution in [2.45, 2.75) is 135 Å². The number of hydrogen-bond donors (Lipinski definition) is 4. The van der Waals surface area contributed by atoms with Crippen molar-refractivity contribution in [1.82, 2.24) is 20.5 Å². The summed E-state index contributed by atoms with van der Waals surface area (Å²) in [7, 11) is 3.68. The van der Waals surface area contributed by atoms with Crippen molar-refractivity contribution in [1.29, 1.82) is 0 Å². The molecule has 0 aromatic carbocycles.